The molecule has 0 saturated carbocycles. The summed E-state index contributed by atoms with van der Waals surface area (Å²) >= 11 is 1.88. The number of allylic oxidation sites excluding steroid dienone is 6. The molecule has 1 heterocycles. The van der Waals surface area contributed by atoms with Crippen molar-refractivity contribution in [1.29, 1.82) is 0 Å². The average molecular weight is 522 g/mol. The van der Waals surface area contributed by atoms with Gasteiger partial charge in [0.05, 0.1) is 12.9 Å². The minimum atomic E-state index is 0. The largest absolute Gasteiger partial charge is 1.00 e. The van der Waals surface area contributed by atoms with Gasteiger partial charge >= 0.3 is 0 Å². The molecular weight excluding hydrogens is 489 g/mol. The average Bonchev–Trinajstić information content (AvgIpc) is 3.00. The summed E-state index contributed by atoms with van der Waals surface area (Å²) in [6.07, 6.45) is 13.2. The van der Waals surface area contributed by atoms with Crippen LogP contribution in [0.2, 0.25) is 0 Å². The molecule has 0 bridgehead atoms. The van der Waals surface area contributed by atoms with E-state index >= 15 is 0 Å². The summed E-state index contributed by atoms with van der Waals surface area (Å²) in [4.78, 5) is 0. The lowest BCUT2D eigenvalue weighted by Crippen LogP contribution is -3.00. The van der Waals surface area contributed by atoms with E-state index in [1.807, 2.05) is 24.5 Å². The lowest BCUT2D eigenvalue weighted by molar-refractivity contribution is -0.665. The maximum absolute atomic E-state index is 5.39. The number of para-hydroxylation sites is 1. The molecule has 0 atom stereocenters. The Balaban J connectivity index is 0.00000300. The maximum Gasteiger partial charge on any atom is 0.263 e. The van der Waals surface area contributed by atoms with Crippen LogP contribution >= 0.6 is 11.3 Å². The molecule has 2 nitrogen and oxygen atoms in total. The fourth-order valence-corrected chi connectivity index (χ4v) is 5.05. The lowest BCUT2D eigenvalue weighted by atomic mass is 9.75. The number of aromatic nitrogens is 1. The first-order valence-electron chi connectivity index (χ1n) is 10.2. The molecule has 1 aliphatic rings. The molecule has 0 N–H and O–H groups in total. The van der Waals surface area contributed by atoms with Gasteiger partial charge in [0.2, 0.25) is 5.52 Å². The quantitative estimate of drug-likeness (QED) is 0.244. The Labute approximate surface area is 196 Å². The molecule has 0 amide bonds. The van der Waals surface area contributed by atoms with Crippen LogP contribution < -0.4 is 28.5 Å². The normalized spacial score (nSPS) is 18.2. The van der Waals surface area contributed by atoms with E-state index in [1.54, 1.807) is 0 Å². The molecule has 0 radical (unpaired) electrons. The van der Waals surface area contributed by atoms with E-state index in [1.165, 1.54) is 26.4 Å². The molecule has 29 heavy (non-hydrogen) atoms. The van der Waals surface area contributed by atoms with Crippen LogP contribution in [0, 0.1) is 5.41 Å². The topological polar surface area (TPSA) is 13.1 Å². The van der Waals surface area contributed by atoms with E-state index in [2.05, 4.69) is 80.8 Å². The summed E-state index contributed by atoms with van der Waals surface area (Å²) < 4.78 is 9.16. The zero-order valence-electron chi connectivity index (χ0n) is 18.2. The highest BCUT2D eigenvalue weighted by atomic mass is 127. The number of rotatable bonds is 6. The molecule has 0 aliphatic heterocycles. The van der Waals surface area contributed by atoms with Gasteiger partial charge in [0.25, 0.3) is 5.01 Å². The van der Waals surface area contributed by atoms with Crippen LogP contribution in [0.25, 0.3) is 16.3 Å². The number of nitrogens with zero attached hydrogens (tertiary/aromatic N) is 1. The van der Waals surface area contributed by atoms with Gasteiger partial charge in [-0.05, 0) is 61.8 Å². The van der Waals surface area contributed by atoms with Gasteiger partial charge in [0, 0.05) is 12.1 Å². The standard InChI is InChI=1S/C25H32NOS.HI/c1-6-26-22-10-8-9-11-23(22)28-24(26)15-21-14-20(16-25(4,5)17-21)13-12-19(3)18-27-7-2;/h8-15,18H,6-7,16-17H2,1-5H3;1H/q+1;/p-1/b13-12+,19-18-,21-15-;. The van der Waals surface area contributed by atoms with E-state index in [0.717, 1.165) is 25.0 Å². The van der Waals surface area contributed by atoms with E-state index in [4.69, 9.17) is 4.74 Å². The molecule has 4 heteroatoms. The van der Waals surface area contributed by atoms with Gasteiger partial charge in [-0.3, -0.25) is 0 Å². The van der Waals surface area contributed by atoms with Gasteiger partial charge in [0.15, 0.2) is 0 Å². The SMILES string of the molecule is CCO/C=C(C)\C=C\C1=CC(=C/c2sc3ccccc3[n+]2CC)/CC(C)(C)C1.[I-]. The molecule has 1 aliphatic carbocycles. The van der Waals surface area contributed by atoms with E-state index in [0.29, 0.717) is 6.61 Å². The monoisotopic (exact) mass is 521 g/mol. The van der Waals surface area contributed by atoms with Crippen LogP contribution in [0.3, 0.4) is 0 Å². The molecule has 156 valence electrons. The van der Waals surface area contributed by atoms with Crippen LogP contribution in [-0.4, -0.2) is 6.61 Å². The zero-order valence-corrected chi connectivity index (χ0v) is 21.1. The van der Waals surface area contributed by atoms with Gasteiger partial charge in [-0.2, -0.15) is 4.57 Å². The van der Waals surface area contributed by atoms with Gasteiger partial charge in [-0.15, -0.1) is 0 Å². The second kappa shape index (κ2) is 10.6. The van der Waals surface area contributed by atoms with Crippen LogP contribution in [0.4, 0.5) is 0 Å². The fourth-order valence-electron chi connectivity index (χ4n) is 3.85. The van der Waals surface area contributed by atoms with Crippen molar-refractivity contribution in [2.75, 3.05) is 6.61 Å². The third kappa shape index (κ3) is 6.29. The highest BCUT2D eigenvalue weighted by Gasteiger charge is 2.26. The number of hydrogen-bond donors (Lipinski definition) is 0. The number of halogens is 1. The number of thiazole rings is 1. The summed E-state index contributed by atoms with van der Waals surface area (Å²) in [6, 6.07) is 8.69. The molecule has 0 fully saturated rings. The summed E-state index contributed by atoms with van der Waals surface area (Å²) in [5.74, 6) is 0. The van der Waals surface area contributed by atoms with Crippen molar-refractivity contribution >= 4 is 27.6 Å². The third-order valence-electron chi connectivity index (χ3n) is 4.99. The van der Waals surface area contributed by atoms with Crippen molar-refractivity contribution in [2.24, 2.45) is 5.41 Å². The molecule has 0 saturated heterocycles. The number of aryl methyl sites for hydroxylation is 1. The van der Waals surface area contributed by atoms with Crippen molar-refractivity contribution in [3.63, 3.8) is 0 Å². The van der Waals surface area contributed by atoms with Crippen LogP contribution in [0.5, 0.6) is 0 Å². The second-order valence-electron chi connectivity index (χ2n) is 8.26. The Morgan fingerprint density at radius 2 is 1.97 bits per heavy atom. The van der Waals surface area contributed by atoms with Crippen molar-refractivity contribution in [3.05, 3.63) is 70.5 Å². The molecule has 2 aromatic rings. The first kappa shape index (κ1) is 23.9. The van der Waals surface area contributed by atoms with Gasteiger partial charge < -0.3 is 28.7 Å². The Bertz CT molecular complexity index is 962. The molecule has 0 spiro atoms. The maximum atomic E-state index is 5.39. The first-order chi connectivity index (χ1) is 13.4. The van der Waals surface area contributed by atoms with E-state index in [-0.39, 0.29) is 29.4 Å². The van der Waals surface area contributed by atoms with Gasteiger partial charge in [-0.1, -0.05) is 55.5 Å². The molecule has 3 rings (SSSR count). The summed E-state index contributed by atoms with van der Waals surface area (Å²) in [7, 11) is 0. The third-order valence-corrected chi connectivity index (χ3v) is 6.11. The summed E-state index contributed by atoms with van der Waals surface area (Å²) in [5, 5.41) is 1.34. The molecule has 1 aromatic carbocycles. The number of fused-ring (bicyclic) bond motifs is 1. The Hall–Kier alpha value is -1.40. The Morgan fingerprint density at radius 1 is 1.21 bits per heavy atom. The molecular formula is C25H32INOS. The molecule has 1 aromatic heterocycles. The summed E-state index contributed by atoms with van der Waals surface area (Å²) in [6.45, 7) is 12.7. The minimum Gasteiger partial charge on any atom is -1.00 e. The van der Waals surface area contributed by atoms with Crippen molar-refractivity contribution in [1.82, 2.24) is 0 Å². The predicted molar refractivity (Wildman–Crippen MR) is 121 cm³/mol. The van der Waals surface area contributed by atoms with Gasteiger partial charge in [-0.25, -0.2) is 0 Å². The van der Waals surface area contributed by atoms with Crippen molar-refractivity contribution in [2.45, 2.75) is 54.0 Å². The first-order valence-corrected chi connectivity index (χ1v) is 11.0. The van der Waals surface area contributed by atoms with Crippen LogP contribution in [-0.2, 0) is 11.3 Å². The smallest absolute Gasteiger partial charge is 0.263 e. The number of ether oxygens (including phenoxy) is 1. The van der Waals surface area contributed by atoms with E-state index < -0.39 is 0 Å². The van der Waals surface area contributed by atoms with Crippen molar-refractivity contribution < 1.29 is 33.3 Å². The zero-order chi connectivity index (χ0) is 20.1. The molecule has 0 unspecified atom stereocenters. The van der Waals surface area contributed by atoms with Crippen LogP contribution in [0.1, 0.15) is 52.5 Å². The van der Waals surface area contributed by atoms with Crippen molar-refractivity contribution in [3.8, 4) is 0 Å². The Morgan fingerprint density at radius 3 is 2.69 bits per heavy atom. The van der Waals surface area contributed by atoms with Gasteiger partial charge in [0.1, 0.15) is 11.2 Å². The second-order valence-corrected chi connectivity index (χ2v) is 9.32. The minimum absolute atomic E-state index is 0. The summed E-state index contributed by atoms with van der Waals surface area (Å²) in [5.41, 5.74) is 5.54. The highest BCUT2D eigenvalue weighted by Crippen LogP contribution is 2.39. The van der Waals surface area contributed by atoms with Crippen LogP contribution in [0.15, 0.2) is 65.5 Å². The predicted octanol–water partition coefficient (Wildman–Crippen LogP) is 3.84. The number of hydrogen-bond acceptors (Lipinski definition) is 2. The number of benzene rings is 1. The fraction of sp³-hybridized carbons (Fsp3) is 0.400. The highest BCUT2D eigenvalue weighted by molar-refractivity contribution is 7.18. The Kier molecular flexibility index (Phi) is 8.71. The lowest BCUT2D eigenvalue weighted by Gasteiger charge is -2.30. The van der Waals surface area contributed by atoms with E-state index in [9.17, 15) is 0 Å².